The molecule has 19 heavy (non-hydrogen) atoms. The number of para-hydroxylation sites is 1. The number of benzene rings is 1. The molecule has 1 saturated carbocycles. The molecule has 0 saturated heterocycles. The van der Waals surface area contributed by atoms with Crippen molar-refractivity contribution in [2.75, 3.05) is 13.2 Å². The van der Waals surface area contributed by atoms with Gasteiger partial charge in [-0.1, -0.05) is 31.0 Å². The third kappa shape index (κ3) is 4.24. The molecule has 0 spiro atoms. The minimum Gasteiger partial charge on any atom is -0.483 e. The van der Waals surface area contributed by atoms with Crippen LogP contribution in [0.15, 0.2) is 24.3 Å². The van der Waals surface area contributed by atoms with E-state index in [9.17, 15) is 4.79 Å². The highest BCUT2D eigenvalue weighted by atomic mass is 16.5. The maximum atomic E-state index is 11.7. The first-order valence-corrected chi connectivity index (χ1v) is 6.97. The zero-order valence-electron chi connectivity index (χ0n) is 11.2. The summed E-state index contributed by atoms with van der Waals surface area (Å²) in [5, 5.41) is 2.94. The van der Waals surface area contributed by atoms with Crippen LogP contribution in [0.5, 0.6) is 5.75 Å². The molecule has 1 aromatic carbocycles. The first-order chi connectivity index (χ1) is 9.29. The Bertz CT molecular complexity index is 414. The van der Waals surface area contributed by atoms with E-state index in [0.29, 0.717) is 18.2 Å². The zero-order chi connectivity index (χ0) is 13.5. The fraction of sp³-hybridized carbons (Fsp3) is 0.533. The van der Waals surface area contributed by atoms with E-state index in [2.05, 4.69) is 5.32 Å². The Morgan fingerprint density at radius 2 is 2.05 bits per heavy atom. The molecule has 1 aromatic rings. The van der Waals surface area contributed by atoms with Gasteiger partial charge in [-0.25, -0.2) is 0 Å². The fourth-order valence-corrected chi connectivity index (χ4v) is 2.48. The number of amides is 1. The largest absolute Gasteiger partial charge is 0.483 e. The van der Waals surface area contributed by atoms with Gasteiger partial charge in [0.15, 0.2) is 6.61 Å². The second kappa shape index (κ2) is 7.14. The molecule has 0 heterocycles. The standard InChI is InChI=1S/C15H22N2O2/c16-9-13-7-3-4-8-14(13)19-11-15(18)17-10-12-5-1-2-6-12/h3-4,7-8,12H,1-2,5-6,9-11,16H2,(H,17,18). The Morgan fingerprint density at radius 3 is 2.79 bits per heavy atom. The van der Waals surface area contributed by atoms with Crippen molar-refractivity contribution < 1.29 is 9.53 Å². The summed E-state index contributed by atoms with van der Waals surface area (Å²) in [5.41, 5.74) is 6.54. The van der Waals surface area contributed by atoms with Gasteiger partial charge in [0.1, 0.15) is 5.75 Å². The van der Waals surface area contributed by atoms with Crippen LogP contribution in [0.3, 0.4) is 0 Å². The Balaban J connectivity index is 1.73. The summed E-state index contributed by atoms with van der Waals surface area (Å²) >= 11 is 0. The van der Waals surface area contributed by atoms with Crippen LogP contribution in [0.4, 0.5) is 0 Å². The average molecular weight is 262 g/mol. The number of carbonyl (C=O) groups excluding carboxylic acids is 1. The van der Waals surface area contributed by atoms with Crippen LogP contribution >= 0.6 is 0 Å². The molecule has 3 N–H and O–H groups in total. The zero-order valence-corrected chi connectivity index (χ0v) is 11.2. The molecular weight excluding hydrogens is 240 g/mol. The molecule has 0 aromatic heterocycles. The van der Waals surface area contributed by atoms with Crippen molar-refractivity contribution >= 4 is 5.91 Å². The molecule has 0 unspecified atom stereocenters. The van der Waals surface area contributed by atoms with E-state index in [4.69, 9.17) is 10.5 Å². The predicted octanol–water partition coefficient (Wildman–Crippen LogP) is 1.83. The van der Waals surface area contributed by atoms with Gasteiger partial charge in [0.25, 0.3) is 5.91 Å². The van der Waals surface area contributed by atoms with Gasteiger partial charge < -0.3 is 15.8 Å². The first-order valence-electron chi connectivity index (χ1n) is 6.97. The Morgan fingerprint density at radius 1 is 1.32 bits per heavy atom. The van der Waals surface area contributed by atoms with Crippen LogP contribution in [0.1, 0.15) is 31.2 Å². The third-order valence-electron chi connectivity index (χ3n) is 3.61. The summed E-state index contributed by atoms with van der Waals surface area (Å²) in [6.07, 6.45) is 5.05. The molecule has 1 amide bonds. The van der Waals surface area contributed by atoms with Crippen molar-refractivity contribution in [3.63, 3.8) is 0 Å². The van der Waals surface area contributed by atoms with Crippen molar-refractivity contribution in [2.24, 2.45) is 11.7 Å². The van der Waals surface area contributed by atoms with Crippen molar-refractivity contribution in [3.05, 3.63) is 29.8 Å². The molecule has 1 aliphatic carbocycles. The number of nitrogens with two attached hydrogens (primary N) is 1. The molecule has 0 radical (unpaired) electrons. The normalized spacial score (nSPS) is 15.4. The predicted molar refractivity (Wildman–Crippen MR) is 74.8 cm³/mol. The van der Waals surface area contributed by atoms with Gasteiger partial charge in [0, 0.05) is 18.7 Å². The van der Waals surface area contributed by atoms with Crippen LogP contribution in [0.25, 0.3) is 0 Å². The van der Waals surface area contributed by atoms with Crippen molar-refractivity contribution in [3.8, 4) is 5.75 Å². The average Bonchev–Trinajstić information content (AvgIpc) is 2.96. The highest BCUT2D eigenvalue weighted by Crippen LogP contribution is 2.23. The molecule has 1 fully saturated rings. The SMILES string of the molecule is NCc1ccccc1OCC(=O)NCC1CCCC1. The Hall–Kier alpha value is -1.55. The minimum absolute atomic E-state index is 0.0567. The smallest absolute Gasteiger partial charge is 0.257 e. The number of rotatable bonds is 6. The monoisotopic (exact) mass is 262 g/mol. The second-order valence-corrected chi connectivity index (χ2v) is 5.06. The maximum Gasteiger partial charge on any atom is 0.257 e. The summed E-state index contributed by atoms with van der Waals surface area (Å²) in [7, 11) is 0. The molecule has 104 valence electrons. The van der Waals surface area contributed by atoms with Crippen LogP contribution in [-0.4, -0.2) is 19.1 Å². The van der Waals surface area contributed by atoms with Gasteiger partial charge >= 0.3 is 0 Å². The van der Waals surface area contributed by atoms with Crippen LogP contribution in [-0.2, 0) is 11.3 Å². The van der Waals surface area contributed by atoms with Crippen molar-refractivity contribution in [2.45, 2.75) is 32.2 Å². The lowest BCUT2D eigenvalue weighted by Gasteiger charge is -2.12. The Labute approximate surface area is 114 Å². The van der Waals surface area contributed by atoms with E-state index in [1.165, 1.54) is 25.7 Å². The highest BCUT2D eigenvalue weighted by Gasteiger charge is 2.15. The third-order valence-corrected chi connectivity index (χ3v) is 3.61. The van der Waals surface area contributed by atoms with Crippen LogP contribution in [0, 0.1) is 5.92 Å². The Kier molecular flexibility index (Phi) is 5.21. The van der Waals surface area contributed by atoms with E-state index in [1.54, 1.807) is 0 Å². The van der Waals surface area contributed by atoms with E-state index < -0.39 is 0 Å². The molecule has 0 bridgehead atoms. The number of nitrogens with one attached hydrogen (secondary N) is 1. The first kappa shape index (κ1) is 13.9. The van der Waals surface area contributed by atoms with Gasteiger partial charge in [0.2, 0.25) is 0 Å². The molecule has 4 nitrogen and oxygen atoms in total. The van der Waals surface area contributed by atoms with Gasteiger partial charge in [-0.2, -0.15) is 0 Å². The second-order valence-electron chi connectivity index (χ2n) is 5.06. The fourth-order valence-electron chi connectivity index (χ4n) is 2.48. The van der Waals surface area contributed by atoms with E-state index in [-0.39, 0.29) is 12.5 Å². The van der Waals surface area contributed by atoms with Crippen molar-refractivity contribution in [1.82, 2.24) is 5.32 Å². The molecule has 1 aliphatic rings. The maximum absolute atomic E-state index is 11.7. The summed E-state index contributed by atoms with van der Waals surface area (Å²) < 4.78 is 5.51. The molecule has 2 rings (SSSR count). The summed E-state index contributed by atoms with van der Waals surface area (Å²) in [4.78, 5) is 11.7. The quantitative estimate of drug-likeness (QED) is 0.822. The van der Waals surface area contributed by atoms with Gasteiger partial charge in [0.05, 0.1) is 0 Å². The topological polar surface area (TPSA) is 64.3 Å². The highest BCUT2D eigenvalue weighted by molar-refractivity contribution is 5.77. The summed E-state index contributed by atoms with van der Waals surface area (Å²) in [6, 6.07) is 7.54. The number of carbonyl (C=O) groups is 1. The van der Waals surface area contributed by atoms with Crippen molar-refractivity contribution in [1.29, 1.82) is 0 Å². The molecule has 0 atom stereocenters. The number of ether oxygens (including phenoxy) is 1. The lowest BCUT2D eigenvalue weighted by molar-refractivity contribution is -0.123. The van der Waals surface area contributed by atoms with E-state index >= 15 is 0 Å². The van der Waals surface area contributed by atoms with Gasteiger partial charge in [-0.15, -0.1) is 0 Å². The van der Waals surface area contributed by atoms with Crippen LogP contribution < -0.4 is 15.8 Å². The van der Waals surface area contributed by atoms with Gasteiger partial charge in [-0.05, 0) is 24.8 Å². The van der Waals surface area contributed by atoms with Crippen LogP contribution in [0.2, 0.25) is 0 Å². The number of hydrogen-bond acceptors (Lipinski definition) is 3. The van der Waals surface area contributed by atoms with E-state index in [0.717, 1.165) is 12.1 Å². The molecular formula is C15H22N2O2. The summed E-state index contributed by atoms with van der Waals surface area (Å²) in [6.45, 7) is 1.25. The summed E-state index contributed by atoms with van der Waals surface area (Å²) in [5.74, 6) is 1.29. The lowest BCUT2D eigenvalue weighted by Crippen LogP contribution is -2.32. The minimum atomic E-state index is -0.0567. The number of hydrogen-bond donors (Lipinski definition) is 2. The molecule has 0 aliphatic heterocycles. The van der Waals surface area contributed by atoms with E-state index in [1.807, 2.05) is 24.3 Å². The van der Waals surface area contributed by atoms with Gasteiger partial charge in [-0.3, -0.25) is 4.79 Å². The lowest BCUT2D eigenvalue weighted by atomic mass is 10.1. The molecule has 4 heteroatoms.